The maximum absolute atomic E-state index is 12.4. The van der Waals surface area contributed by atoms with Crippen LogP contribution in [0.2, 0.25) is 0 Å². The Morgan fingerprint density at radius 3 is 2.52 bits per heavy atom. The Bertz CT molecular complexity index is 607. The molecule has 0 radical (unpaired) electrons. The average Bonchev–Trinajstić information content (AvgIpc) is 2.77. The summed E-state index contributed by atoms with van der Waals surface area (Å²) in [6, 6.07) is 8.77. The Morgan fingerprint density at radius 2 is 1.96 bits per heavy atom. The highest BCUT2D eigenvalue weighted by molar-refractivity contribution is 6.08. The highest BCUT2D eigenvalue weighted by atomic mass is 16.5. The van der Waals surface area contributed by atoms with E-state index in [4.69, 9.17) is 4.74 Å². The lowest BCUT2D eigenvalue weighted by atomic mass is 9.97. The number of amides is 1. The van der Waals surface area contributed by atoms with Crippen molar-refractivity contribution in [1.29, 1.82) is 0 Å². The number of ketones is 1. The second kappa shape index (κ2) is 7.42. The molecule has 1 aromatic rings. The van der Waals surface area contributed by atoms with Crippen molar-refractivity contribution in [3.63, 3.8) is 0 Å². The molecular formula is C18H23NO4. The summed E-state index contributed by atoms with van der Waals surface area (Å²) in [6.07, 6.45) is 0.777. The fourth-order valence-electron chi connectivity index (χ4n) is 2.78. The molecule has 0 spiro atoms. The first kappa shape index (κ1) is 17.2. The van der Waals surface area contributed by atoms with Crippen LogP contribution in [0.5, 0.6) is 0 Å². The largest absolute Gasteiger partial charge is 0.503 e. The molecule has 1 amide bonds. The van der Waals surface area contributed by atoms with Crippen LogP contribution in [0.15, 0.2) is 41.7 Å². The van der Waals surface area contributed by atoms with Crippen LogP contribution in [0.1, 0.15) is 38.8 Å². The molecule has 0 unspecified atom stereocenters. The van der Waals surface area contributed by atoms with Gasteiger partial charge >= 0.3 is 0 Å². The van der Waals surface area contributed by atoms with Gasteiger partial charge in [-0.3, -0.25) is 9.59 Å². The Labute approximate surface area is 136 Å². The molecule has 5 heteroatoms. The third-order valence-corrected chi connectivity index (χ3v) is 3.79. The average molecular weight is 317 g/mol. The predicted molar refractivity (Wildman–Crippen MR) is 86.9 cm³/mol. The molecule has 0 aromatic heterocycles. The summed E-state index contributed by atoms with van der Waals surface area (Å²) in [4.78, 5) is 25.8. The lowest BCUT2D eigenvalue weighted by molar-refractivity contribution is -0.129. The van der Waals surface area contributed by atoms with Gasteiger partial charge in [0.1, 0.15) is 0 Å². The van der Waals surface area contributed by atoms with E-state index >= 15 is 0 Å². The molecule has 1 aliphatic heterocycles. The number of hydrogen-bond acceptors (Lipinski definition) is 4. The van der Waals surface area contributed by atoms with E-state index in [2.05, 4.69) is 0 Å². The van der Waals surface area contributed by atoms with Crippen molar-refractivity contribution in [3.8, 4) is 0 Å². The van der Waals surface area contributed by atoms with Crippen molar-refractivity contribution in [1.82, 2.24) is 4.90 Å². The van der Waals surface area contributed by atoms with E-state index in [-0.39, 0.29) is 17.5 Å². The van der Waals surface area contributed by atoms with E-state index in [9.17, 15) is 14.7 Å². The van der Waals surface area contributed by atoms with Gasteiger partial charge in [0, 0.05) is 13.2 Å². The molecule has 1 atom stereocenters. The summed E-state index contributed by atoms with van der Waals surface area (Å²) < 4.78 is 5.50. The number of carbonyl (C=O) groups is 2. The van der Waals surface area contributed by atoms with Gasteiger partial charge in [-0.15, -0.1) is 0 Å². The fourth-order valence-corrected chi connectivity index (χ4v) is 2.78. The molecule has 2 rings (SSSR count). The van der Waals surface area contributed by atoms with Crippen LogP contribution < -0.4 is 0 Å². The summed E-state index contributed by atoms with van der Waals surface area (Å²) in [5.74, 6) is -1.21. The number of aliphatic hydroxyl groups excluding tert-OH is 1. The Morgan fingerprint density at radius 1 is 1.30 bits per heavy atom. The smallest absolute Gasteiger partial charge is 0.290 e. The molecule has 1 aromatic carbocycles. The monoisotopic (exact) mass is 317 g/mol. The van der Waals surface area contributed by atoms with Gasteiger partial charge in [0.2, 0.25) is 0 Å². The SMILES string of the molecule is CC(=O)C1=C(O)C(=O)N(CCCOC(C)C)[C@H]1c1ccccc1. The number of carbonyl (C=O) groups excluding carboxylic acids is 2. The third kappa shape index (κ3) is 3.79. The highest BCUT2D eigenvalue weighted by Crippen LogP contribution is 2.37. The lowest BCUT2D eigenvalue weighted by Crippen LogP contribution is -2.32. The Hall–Kier alpha value is -2.14. The standard InChI is InChI=1S/C18H23NO4/c1-12(2)23-11-7-10-19-16(14-8-5-4-6-9-14)15(13(3)20)17(21)18(19)22/h4-6,8-9,12,16,21H,7,10-11H2,1-3H3/t16-/m0/s1. The van der Waals surface area contributed by atoms with Crippen LogP contribution in [-0.2, 0) is 14.3 Å². The number of aliphatic hydroxyl groups is 1. The van der Waals surface area contributed by atoms with Crippen molar-refractivity contribution < 1.29 is 19.4 Å². The van der Waals surface area contributed by atoms with Crippen molar-refractivity contribution in [3.05, 3.63) is 47.2 Å². The van der Waals surface area contributed by atoms with Crippen LogP contribution in [0.3, 0.4) is 0 Å². The predicted octanol–water partition coefficient (Wildman–Crippen LogP) is 2.79. The zero-order chi connectivity index (χ0) is 17.0. The third-order valence-electron chi connectivity index (χ3n) is 3.79. The molecule has 0 aliphatic carbocycles. The first-order chi connectivity index (χ1) is 10.9. The number of rotatable bonds is 7. The number of benzene rings is 1. The molecule has 1 heterocycles. The molecule has 1 N–H and O–H groups in total. The van der Waals surface area contributed by atoms with Gasteiger partial charge in [-0.1, -0.05) is 30.3 Å². The molecule has 1 aliphatic rings. The number of nitrogens with zero attached hydrogens (tertiary/aromatic N) is 1. The number of hydrogen-bond donors (Lipinski definition) is 1. The van der Waals surface area contributed by atoms with Gasteiger partial charge in [0.05, 0.1) is 17.7 Å². The minimum atomic E-state index is -0.528. The van der Waals surface area contributed by atoms with Crippen LogP contribution in [0.25, 0.3) is 0 Å². The van der Waals surface area contributed by atoms with Crippen molar-refractivity contribution in [2.45, 2.75) is 39.3 Å². The summed E-state index contributed by atoms with van der Waals surface area (Å²) in [6.45, 7) is 6.23. The van der Waals surface area contributed by atoms with E-state index in [1.807, 2.05) is 44.2 Å². The summed E-state index contributed by atoms with van der Waals surface area (Å²) in [7, 11) is 0. The molecule has 0 bridgehead atoms. The molecule has 5 nitrogen and oxygen atoms in total. The van der Waals surface area contributed by atoms with Gasteiger partial charge in [0.25, 0.3) is 5.91 Å². The second-order valence-corrected chi connectivity index (χ2v) is 5.90. The lowest BCUT2D eigenvalue weighted by Gasteiger charge is -2.26. The molecule has 23 heavy (non-hydrogen) atoms. The van der Waals surface area contributed by atoms with Crippen LogP contribution in [0, 0.1) is 0 Å². The van der Waals surface area contributed by atoms with E-state index in [0.717, 1.165) is 5.56 Å². The molecule has 0 saturated heterocycles. The molecular weight excluding hydrogens is 294 g/mol. The zero-order valence-corrected chi connectivity index (χ0v) is 13.8. The second-order valence-electron chi connectivity index (χ2n) is 5.90. The van der Waals surface area contributed by atoms with E-state index in [1.165, 1.54) is 6.92 Å². The van der Waals surface area contributed by atoms with Gasteiger partial charge in [0.15, 0.2) is 11.5 Å². The number of ether oxygens (including phenoxy) is 1. The van der Waals surface area contributed by atoms with Gasteiger partial charge in [-0.05, 0) is 32.8 Å². The highest BCUT2D eigenvalue weighted by Gasteiger charge is 2.41. The Kier molecular flexibility index (Phi) is 5.55. The van der Waals surface area contributed by atoms with Crippen LogP contribution in [0.4, 0.5) is 0 Å². The Balaban J connectivity index is 2.23. The minimum absolute atomic E-state index is 0.133. The summed E-state index contributed by atoms with van der Waals surface area (Å²) in [5.41, 5.74) is 0.992. The number of Topliss-reactive ketones (excluding diaryl/α,β-unsaturated/α-hetero) is 1. The van der Waals surface area contributed by atoms with E-state index < -0.39 is 17.7 Å². The van der Waals surface area contributed by atoms with Gasteiger partial charge in [-0.25, -0.2) is 0 Å². The van der Waals surface area contributed by atoms with E-state index in [1.54, 1.807) is 4.90 Å². The quantitative estimate of drug-likeness (QED) is 0.785. The molecule has 124 valence electrons. The normalized spacial score (nSPS) is 18.2. The van der Waals surface area contributed by atoms with Gasteiger partial charge < -0.3 is 14.7 Å². The van der Waals surface area contributed by atoms with Crippen LogP contribution in [-0.4, -0.2) is 41.0 Å². The fraction of sp³-hybridized carbons (Fsp3) is 0.444. The van der Waals surface area contributed by atoms with Gasteiger partial charge in [-0.2, -0.15) is 0 Å². The first-order valence-electron chi connectivity index (χ1n) is 7.85. The van der Waals surface area contributed by atoms with Crippen molar-refractivity contribution in [2.24, 2.45) is 0 Å². The van der Waals surface area contributed by atoms with Crippen LogP contribution >= 0.6 is 0 Å². The van der Waals surface area contributed by atoms with Crippen molar-refractivity contribution >= 4 is 11.7 Å². The maximum atomic E-state index is 12.4. The first-order valence-corrected chi connectivity index (χ1v) is 7.85. The zero-order valence-electron chi connectivity index (χ0n) is 13.8. The van der Waals surface area contributed by atoms with Crippen molar-refractivity contribution in [2.75, 3.05) is 13.2 Å². The summed E-state index contributed by atoms with van der Waals surface area (Å²) >= 11 is 0. The molecule has 0 saturated carbocycles. The van der Waals surface area contributed by atoms with E-state index in [0.29, 0.717) is 19.6 Å². The molecule has 0 fully saturated rings. The summed E-state index contributed by atoms with van der Waals surface area (Å²) in [5, 5.41) is 10.1. The minimum Gasteiger partial charge on any atom is -0.503 e. The topological polar surface area (TPSA) is 66.8 Å². The maximum Gasteiger partial charge on any atom is 0.290 e.